The molecule has 0 fully saturated rings. The third-order valence-corrected chi connectivity index (χ3v) is 4.67. The number of benzene rings is 3. The summed E-state index contributed by atoms with van der Waals surface area (Å²) in [6.45, 7) is 0. The minimum absolute atomic E-state index is 0.887. The number of halogens is 1. The average Bonchev–Trinajstić information content (AvgIpc) is 2.63. The number of hydrogen-bond acceptors (Lipinski definition) is 1. The molecular weight excluding hydrogens is 407 g/mol. The molecule has 0 heterocycles. The van der Waals surface area contributed by atoms with Gasteiger partial charge >= 0.3 is 0 Å². The van der Waals surface area contributed by atoms with Gasteiger partial charge in [0.25, 0.3) is 0 Å². The molecule has 0 atom stereocenters. The summed E-state index contributed by atoms with van der Waals surface area (Å²) < 4.78 is 7.19. The Labute approximate surface area is 157 Å². The molecule has 3 aromatic rings. The standard InChI is InChI=1S/C22H21IO/c23-15-5-9-19-8-4-10-22(17-19)24-21-13-11-20(12-14-21)16-18-6-2-1-3-7-18/h1-4,6-8,10-14,17H,5,9,15-16H2. The zero-order chi connectivity index (χ0) is 16.6. The van der Waals surface area contributed by atoms with E-state index in [-0.39, 0.29) is 0 Å². The highest BCUT2D eigenvalue weighted by atomic mass is 127. The van der Waals surface area contributed by atoms with Crippen molar-refractivity contribution in [3.05, 3.63) is 95.6 Å². The minimum Gasteiger partial charge on any atom is -0.457 e. The Kier molecular flexibility index (Phi) is 6.30. The normalized spacial score (nSPS) is 10.5. The summed E-state index contributed by atoms with van der Waals surface area (Å²) >= 11 is 2.42. The van der Waals surface area contributed by atoms with Crippen molar-refractivity contribution in [1.29, 1.82) is 0 Å². The van der Waals surface area contributed by atoms with Gasteiger partial charge in [0.2, 0.25) is 0 Å². The predicted octanol–water partition coefficient (Wildman–Crippen LogP) is 6.44. The SMILES string of the molecule is ICCCc1cccc(Oc2ccc(Cc3ccccc3)cc2)c1. The number of rotatable bonds is 7. The second-order valence-electron chi connectivity index (χ2n) is 5.85. The van der Waals surface area contributed by atoms with Crippen molar-refractivity contribution >= 4 is 22.6 Å². The molecule has 2 heteroatoms. The van der Waals surface area contributed by atoms with Crippen LogP contribution in [0.2, 0.25) is 0 Å². The van der Waals surface area contributed by atoms with Crippen LogP contribution < -0.4 is 4.74 Å². The van der Waals surface area contributed by atoms with Gasteiger partial charge in [-0.1, -0.05) is 77.2 Å². The summed E-state index contributed by atoms with van der Waals surface area (Å²) in [5, 5.41) is 0. The van der Waals surface area contributed by atoms with Crippen molar-refractivity contribution in [3.8, 4) is 11.5 Å². The maximum Gasteiger partial charge on any atom is 0.127 e. The fraction of sp³-hybridized carbons (Fsp3) is 0.182. The maximum absolute atomic E-state index is 6.00. The van der Waals surface area contributed by atoms with E-state index in [4.69, 9.17) is 4.74 Å². The molecule has 24 heavy (non-hydrogen) atoms. The lowest BCUT2D eigenvalue weighted by Gasteiger charge is -2.09. The molecular formula is C22H21IO. The quantitative estimate of drug-likeness (QED) is 0.311. The van der Waals surface area contributed by atoms with Gasteiger partial charge in [-0.05, 0) is 64.6 Å². The van der Waals surface area contributed by atoms with E-state index in [1.54, 1.807) is 0 Å². The third-order valence-electron chi connectivity index (χ3n) is 3.91. The molecule has 0 aromatic heterocycles. The molecule has 0 unspecified atom stereocenters. The topological polar surface area (TPSA) is 9.23 Å². The molecule has 3 rings (SSSR count). The summed E-state index contributed by atoms with van der Waals surface area (Å²) in [7, 11) is 0. The van der Waals surface area contributed by atoms with E-state index in [9.17, 15) is 0 Å². The van der Waals surface area contributed by atoms with Crippen LogP contribution in [-0.4, -0.2) is 4.43 Å². The van der Waals surface area contributed by atoms with Gasteiger partial charge in [0.05, 0.1) is 0 Å². The van der Waals surface area contributed by atoms with E-state index in [0.717, 1.165) is 24.3 Å². The van der Waals surface area contributed by atoms with Gasteiger partial charge < -0.3 is 4.74 Å². The fourth-order valence-electron chi connectivity index (χ4n) is 2.68. The van der Waals surface area contributed by atoms with Crippen molar-refractivity contribution in [3.63, 3.8) is 0 Å². The monoisotopic (exact) mass is 428 g/mol. The van der Waals surface area contributed by atoms with Crippen LogP contribution >= 0.6 is 22.6 Å². The summed E-state index contributed by atoms with van der Waals surface area (Å²) in [5.74, 6) is 1.80. The fourth-order valence-corrected chi connectivity index (χ4v) is 3.06. The lowest BCUT2D eigenvalue weighted by molar-refractivity contribution is 0.481. The summed E-state index contributed by atoms with van der Waals surface area (Å²) in [4.78, 5) is 0. The van der Waals surface area contributed by atoms with Gasteiger partial charge in [0, 0.05) is 0 Å². The van der Waals surface area contributed by atoms with E-state index < -0.39 is 0 Å². The molecule has 0 spiro atoms. The summed E-state index contributed by atoms with van der Waals surface area (Å²) in [5.41, 5.74) is 3.96. The third kappa shape index (κ3) is 5.10. The first-order valence-electron chi connectivity index (χ1n) is 8.29. The molecule has 0 saturated heterocycles. The van der Waals surface area contributed by atoms with Crippen molar-refractivity contribution in [2.24, 2.45) is 0 Å². The van der Waals surface area contributed by atoms with E-state index in [1.165, 1.54) is 27.5 Å². The van der Waals surface area contributed by atoms with Crippen LogP contribution in [0, 0.1) is 0 Å². The van der Waals surface area contributed by atoms with Crippen LogP contribution in [0.15, 0.2) is 78.9 Å². The van der Waals surface area contributed by atoms with Crippen molar-refractivity contribution in [2.75, 3.05) is 4.43 Å². The summed E-state index contributed by atoms with van der Waals surface area (Å²) in [6.07, 6.45) is 3.27. The van der Waals surface area contributed by atoms with Gasteiger partial charge in [-0.2, -0.15) is 0 Å². The Morgan fingerprint density at radius 1 is 0.667 bits per heavy atom. The van der Waals surface area contributed by atoms with E-state index in [0.29, 0.717) is 0 Å². The van der Waals surface area contributed by atoms with Gasteiger partial charge in [0.15, 0.2) is 0 Å². The lowest BCUT2D eigenvalue weighted by Crippen LogP contribution is -1.90. The highest BCUT2D eigenvalue weighted by molar-refractivity contribution is 14.1. The largest absolute Gasteiger partial charge is 0.457 e. The predicted molar refractivity (Wildman–Crippen MR) is 109 cm³/mol. The maximum atomic E-state index is 6.00. The van der Waals surface area contributed by atoms with Gasteiger partial charge in [-0.3, -0.25) is 0 Å². The van der Waals surface area contributed by atoms with E-state index >= 15 is 0 Å². The molecule has 1 nitrogen and oxygen atoms in total. The number of ether oxygens (including phenoxy) is 1. The molecule has 0 N–H and O–H groups in total. The average molecular weight is 428 g/mol. The summed E-state index contributed by atoms with van der Waals surface area (Å²) in [6, 6.07) is 27.3. The highest BCUT2D eigenvalue weighted by Gasteiger charge is 2.01. The molecule has 0 radical (unpaired) electrons. The Morgan fingerprint density at radius 2 is 1.38 bits per heavy atom. The van der Waals surface area contributed by atoms with Crippen LogP contribution in [0.25, 0.3) is 0 Å². The first-order chi connectivity index (χ1) is 11.8. The zero-order valence-electron chi connectivity index (χ0n) is 13.6. The Balaban J connectivity index is 1.64. The zero-order valence-corrected chi connectivity index (χ0v) is 15.8. The Morgan fingerprint density at radius 3 is 2.12 bits per heavy atom. The molecule has 0 aliphatic carbocycles. The van der Waals surface area contributed by atoms with Crippen LogP contribution in [0.1, 0.15) is 23.1 Å². The van der Waals surface area contributed by atoms with Crippen LogP contribution in [-0.2, 0) is 12.8 Å². The second-order valence-corrected chi connectivity index (χ2v) is 6.93. The Hall–Kier alpha value is -1.81. The molecule has 0 aliphatic heterocycles. The molecule has 0 saturated carbocycles. The number of hydrogen-bond donors (Lipinski definition) is 0. The smallest absolute Gasteiger partial charge is 0.127 e. The number of alkyl halides is 1. The van der Waals surface area contributed by atoms with E-state index in [2.05, 4.69) is 95.4 Å². The molecule has 3 aromatic carbocycles. The lowest BCUT2D eigenvalue weighted by atomic mass is 10.1. The van der Waals surface area contributed by atoms with Crippen molar-refractivity contribution in [1.82, 2.24) is 0 Å². The van der Waals surface area contributed by atoms with E-state index in [1.807, 2.05) is 6.07 Å². The molecule has 122 valence electrons. The van der Waals surface area contributed by atoms with Gasteiger partial charge in [0.1, 0.15) is 11.5 Å². The highest BCUT2D eigenvalue weighted by Crippen LogP contribution is 2.24. The minimum atomic E-state index is 0.887. The number of aryl methyl sites for hydroxylation is 1. The van der Waals surface area contributed by atoms with Gasteiger partial charge in [-0.25, -0.2) is 0 Å². The van der Waals surface area contributed by atoms with Crippen LogP contribution in [0.4, 0.5) is 0 Å². The van der Waals surface area contributed by atoms with Gasteiger partial charge in [-0.15, -0.1) is 0 Å². The molecule has 0 aliphatic rings. The van der Waals surface area contributed by atoms with Crippen LogP contribution in [0.3, 0.4) is 0 Å². The van der Waals surface area contributed by atoms with Crippen LogP contribution in [0.5, 0.6) is 11.5 Å². The first kappa shape index (κ1) is 17.0. The first-order valence-corrected chi connectivity index (χ1v) is 9.82. The Bertz CT molecular complexity index is 750. The molecule has 0 amide bonds. The molecule has 0 bridgehead atoms. The second kappa shape index (κ2) is 8.88. The van der Waals surface area contributed by atoms with Crippen molar-refractivity contribution in [2.45, 2.75) is 19.3 Å². The van der Waals surface area contributed by atoms with Crippen molar-refractivity contribution < 1.29 is 4.74 Å².